The first-order chi connectivity index (χ1) is 10.3. The van der Waals surface area contributed by atoms with E-state index in [0.717, 1.165) is 40.7 Å². The van der Waals surface area contributed by atoms with Crippen LogP contribution in [0, 0.1) is 0 Å². The molecule has 0 fully saturated rings. The molecule has 1 aromatic carbocycles. The van der Waals surface area contributed by atoms with Crippen molar-refractivity contribution >= 4 is 39.1 Å². The van der Waals surface area contributed by atoms with E-state index in [-0.39, 0.29) is 0 Å². The first kappa shape index (κ1) is 14.3. The largest absolute Gasteiger partial charge is 0.354 e. The van der Waals surface area contributed by atoms with E-state index in [2.05, 4.69) is 39.7 Å². The van der Waals surface area contributed by atoms with E-state index in [9.17, 15) is 0 Å². The van der Waals surface area contributed by atoms with Crippen molar-refractivity contribution in [2.24, 2.45) is 0 Å². The Kier molecular flexibility index (Phi) is 4.36. The highest BCUT2D eigenvalue weighted by Crippen LogP contribution is 2.37. The van der Waals surface area contributed by atoms with E-state index in [4.69, 9.17) is 11.6 Å². The summed E-state index contributed by atoms with van der Waals surface area (Å²) >= 11 is 7.99. The SMILES string of the molecule is CCCCNc1nc(Cl)c2c(-c3ccccc3)csc2n1. The maximum absolute atomic E-state index is 6.39. The van der Waals surface area contributed by atoms with Crippen LogP contribution in [0.25, 0.3) is 21.3 Å². The second kappa shape index (κ2) is 6.41. The topological polar surface area (TPSA) is 37.8 Å². The lowest BCUT2D eigenvalue weighted by Gasteiger charge is -2.05. The number of anilines is 1. The van der Waals surface area contributed by atoms with Gasteiger partial charge in [-0.2, -0.15) is 0 Å². The summed E-state index contributed by atoms with van der Waals surface area (Å²) in [5.41, 5.74) is 2.24. The van der Waals surface area contributed by atoms with Gasteiger partial charge in [-0.1, -0.05) is 55.3 Å². The number of nitrogens with one attached hydrogen (secondary N) is 1. The second-order valence-electron chi connectivity index (χ2n) is 4.81. The fraction of sp³-hybridized carbons (Fsp3) is 0.250. The molecule has 0 amide bonds. The van der Waals surface area contributed by atoms with E-state index in [0.29, 0.717) is 11.1 Å². The first-order valence-electron chi connectivity index (χ1n) is 7.03. The molecule has 0 saturated carbocycles. The smallest absolute Gasteiger partial charge is 0.225 e. The number of aromatic nitrogens is 2. The molecule has 0 atom stereocenters. The maximum atomic E-state index is 6.39. The Morgan fingerprint density at radius 2 is 2.00 bits per heavy atom. The van der Waals surface area contributed by atoms with Crippen molar-refractivity contribution in [2.45, 2.75) is 19.8 Å². The van der Waals surface area contributed by atoms with Crippen LogP contribution in [0.4, 0.5) is 5.95 Å². The molecule has 0 spiro atoms. The van der Waals surface area contributed by atoms with E-state index >= 15 is 0 Å². The maximum Gasteiger partial charge on any atom is 0.225 e. The number of unbranched alkanes of at least 4 members (excludes halogenated alkanes) is 1. The molecule has 3 rings (SSSR count). The molecule has 2 aromatic heterocycles. The highest BCUT2D eigenvalue weighted by molar-refractivity contribution is 7.17. The molecule has 0 radical (unpaired) electrons. The lowest BCUT2D eigenvalue weighted by Crippen LogP contribution is -2.04. The predicted octanol–water partition coefficient (Wildman–Crippen LogP) is 5.22. The van der Waals surface area contributed by atoms with Crippen molar-refractivity contribution < 1.29 is 0 Å². The van der Waals surface area contributed by atoms with Crippen molar-refractivity contribution in [3.8, 4) is 11.1 Å². The van der Waals surface area contributed by atoms with Crippen LogP contribution in [0.5, 0.6) is 0 Å². The lowest BCUT2D eigenvalue weighted by atomic mass is 10.1. The van der Waals surface area contributed by atoms with Crippen LogP contribution in [0.2, 0.25) is 5.15 Å². The van der Waals surface area contributed by atoms with Gasteiger partial charge < -0.3 is 5.32 Å². The van der Waals surface area contributed by atoms with Crippen molar-refractivity contribution in [1.29, 1.82) is 0 Å². The van der Waals surface area contributed by atoms with Gasteiger partial charge in [0.25, 0.3) is 0 Å². The molecule has 108 valence electrons. The number of benzene rings is 1. The Balaban J connectivity index is 1.99. The Morgan fingerprint density at radius 3 is 2.76 bits per heavy atom. The average Bonchev–Trinajstić information content (AvgIpc) is 2.93. The third-order valence-corrected chi connectivity index (χ3v) is 4.43. The standard InChI is InChI=1S/C16H16ClN3S/c1-2-3-9-18-16-19-14(17)13-12(10-21-15(13)20-16)11-7-5-4-6-8-11/h4-8,10H,2-3,9H2,1H3,(H,18,19,20). The molecular formula is C16H16ClN3S. The van der Waals surface area contributed by atoms with Gasteiger partial charge in [-0.25, -0.2) is 9.97 Å². The molecule has 3 aromatic rings. The van der Waals surface area contributed by atoms with Gasteiger partial charge in [0.15, 0.2) is 0 Å². The van der Waals surface area contributed by atoms with Crippen LogP contribution in [0.15, 0.2) is 35.7 Å². The number of hydrogen-bond acceptors (Lipinski definition) is 4. The van der Waals surface area contributed by atoms with Gasteiger partial charge >= 0.3 is 0 Å². The van der Waals surface area contributed by atoms with Gasteiger partial charge in [-0.05, 0) is 12.0 Å². The molecular weight excluding hydrogens is 302 g/mol. The van der Waals surface area contributed by atoms with Gasteiger partial charge in [0, 0.05) is 17.5 Å². The van der Waals surface area contributed by atoms with Gasteiger partial charge in [-0.15, -0.1) is 11.3 Å². The lowest BCUT2D eigenvalue weighted by molar-refractivity contribution is 0.827. The van der Waals surface area contributed by atoms with Crippen molar-refractivity contribution in [2.75, 3.05) is 11.9 Å². The van der Waals surface area contributed by atoms with Crippen LogP contribution in [0.3, 0.4) is 0 Å². The monoisotopic (exact) mass is 317 g/mol. The zero-order valence-corrected chi connectivity index (χ0v) is 13.3. The number of rotatable bonds is 5. The van der Waals surface area contributed by atoms with Gasteiger partial charge in [0.2, 0.25) is 5.95 Å². The Hall–Kier alpha value is -1.65. The number of thiophene rings is 1. The third-order valence-electron chi connectivity index (χ3n) is 3.29. The summed E-state index contributed by atoms with van der Waals surface area (Å²) in [5, 5.41) is 6.77. The van der Waals surface area contributed by atoms with E-state index in [1.807, 2.05) is 18.2 Å². The Bertz CT molecular complexity index is 740. The first-order valence-corrected chi connectivity index (χ1v) is 8.29. The summed E-state index contributed by atoms with van der Waals surface area (Å²) in [5.74, 6) is 0.613. The summed E-state index contributed by atoms with van der Waals surface area (Å²) in [6.45, 7) is 3.03. The zero-order chi connectivity index (χ0) is 14.7. The Labute approximate surface area is 133 Å². The van der Waals surface area contributed by atoms with Crippen LogP contribution < -0.4 is 5.32 Å². The third kappa shape index (κ3) is 3.01. The molecule has 0 bridgehead atoms. The van der Waals surface area contributed by atoms with Crippen LogP contribution >= 0.6 is 22.9 Å². The second-order valence-corrected chi connectivity index (χ2v) is 6.03. The highest BCUT2D eigenvalue weighted by atomic mass is 35.5. The summed E-state index contributed by atoms with van der Waals surface area (Å²) in [6.07, 6.45) is 2.23. The molecule has 0 unspecified atom stereocenters. The van der Waals surface area contributed by atoms with E-state index in [1.54, 1.807) is 11.3 Å². The van der Waals surface area contributed by atoms with Gasteiger partial charge in [0.05, 0.1) is 5.39 Å². The molecule has 21 heavy (non-hydrogen) atoms. The molecule has 0 aliphatic heterocycles. The minimum Gasteiger partial charge on any atom is -0.354 e. The van der Waals surface area contributed by atoms with E-state index in [1.165, 1.54) is 0 Å². The van der Waals surface area contributed by atoms with E-state index < -0.39 is 0 Å². The van der Waals surface area contributed by atoms with Gasteiger partial charge in [0.1, 0.15) is 9.98 Å². The number of nitrogens with zero attached hydrogens (tertiary/aromatic N) is 2. The number of hydrogen-bond donors (Lipinski definition) is 1. The minimum absolute atomic E-state index is 0.513. The summed E-state index contributed by atoms with van der Waals surface area (Å²) in [4.78, 5) is 9.87. The molecule has 1 N–H and O–H groups in total. The molecule has 0 aliphatic rings. The molecule has 2 heterocycles. The summed E-state index contributed by atoms with van der Waals surface area (Å²) in [7, 11) is 0. The Morgan fingerprint density at radius 1 is 1.19 bits per heavy atom. The van der Waals surface area contributed by atoms with Crippen molar-refractivity contribution in [3.63, 3.8) is 0 Å². The molecule has 3 nitrogen and oxygen atoms in total. The molecule has 5 heteroatoms. The number of halogens is 1. The molecule has 0 aliphatic carbocycles. The van der Waals surface area contributed by atoms with Gasteiger partial charge in [-0.3, -0.25) is 0 Å². The van der Waals surface area contributed by atoms with Crippen molar-refractivity contribution in [3.05, 3.63) is 40.9 Å². The number of fused-ring (bicyclic) bond motifs is 1. The average molecular weight is 318 g/mol. The highest BCUT2D eigenvalue weighted by Gasteiger charge is 2.13. The van der Waals surface area contributed by atoms with Crippen LogP contribution in [-0.2, 0) is 0 Å². The van der Waals surface area contributed by atoms with Crippen LogP contribution in [0.1, 0.15) is 19.8 Å². The summed E-state index contributed by atoms with van der Waals surface area (Å²) in [6, 6.07) is 10.2. The fourth-order valence-corrected chi connectivity index (χ4v) is 3.46. The normalized spacial score (nSPS) is 11.0. The summed E-state index contributed by atoms with van der Waals surface area (Å²) < 4.78 is 0. The van der Waals surface area contributed by atoms with Crippen LogP contribution in [-0.4, -0.2) is 16.5 Å². The zero-order valence-electron chi connectivity index (χ0n) is 11.8. The molecule has 0 saturated heterocycles. The van der Waals surface area contributed by atoms with Crippen molar-refractivity contribution in [1.82, 2.24) is 9.97 Å². The minimum atomic E-state index is 0.513. The quantitative estimate of drug-likeness (QED) is 0.517. The fourth-order valence-electron chi connectivity index (χ4n) is 2.19. The predicted molar refractivity (Wildman–Crippen MR) is 91.3 cm³/mol.